The second-order valence-electron chi connectivity index (χ2n) is 5.75. The summed E-state index contributed by atoms with van der Waals surface area (Å²) in [6.07, 6.45) is 3.39. The maximum absolute atomic E-state index is 12.6. The van der Waals surface area contributed by atoms with Crippen LogP contribution in [0.15, 0.2) is 24.3 Å². The van der Waals surface area contributed by atoms with Crippen molar-refractivity contribution in [1.82, 2.24) is 10.2 Å². The first kappa shape index (κ1) is 16.3. The quantitative estimate of drug-likeness (QED) is 0.919. The number of halogens is 1. The first-order chi connectivity index (χ1) is 9.79. The van der Waals surface area contributed by atoms with Crippen LogP contribution < -0.4 is 10.2 Å². The molecule has 21 heavy (non-hydrogen) atoms. The van der Waals surface area contributed by atoms with E-state index in [-0.39, 0.29) is 18.3 Å². The smallest absolute Gasteiger partial charge is 0.241 e. The molecule has 1 atom stereocenters. The fourth-order valence-corrected chi connectivity index (χ4v) is 3.43. The molecule has 0 radical (unpaired) electrons. The van der Waals surface area contributed by atoms with Gasteiger partial charge in [-0.1, -0.05) is 18.2 Å². The van der Waals surface area contributed by atoms with Crippen molar-refractivity contribution in [3.8, 4) is 0 Å². The molecular formula is C16H24ClN3O. The van der Waals surface area contributed by atoms with Gasteiger partial charge >= 0.3 is 0 Å². The van der Waals surface area contributed by atoms with Gasteiger partial charge in [-0.3, -0.25) is 9.69 Å². The molecule has 1 aromatic carbocycles. The van der Waals surface area contributed by atoms with Gasteiger partial charge in [-0.05, 0) is 44.5 Å². The molecule has 0 spiro atoms. The summed E-state index contributed by atoms with van der Waals surface area (Å²) in [6, 6.07) is 8.78. The number of likely N-dealkylation sites (tertiary alicyclic amines) is 1. The molecule has 0 saturated carbocycles. The number of amides is 1. The molecule has 5 heteroatoms. The maximum Gasteiger partial charge on any atom is 0.241 e. The lowest BCUT2D eigenvalue weighted by atomic mass is 10.2. The number of rotatable bonds is 4. The number of nitrogens with zero attached hydrogens (tertiary/aromatic N) is 2. The molecule has 0 aliphatic carbocycles. The van der Waals surface area contributed by atoms with Crippen LogP contribution in [0.5, 0.6) is 0 Å². The molecule has 3 rings (SSSR count). The molecule has 1 saturated heterocycles. The fourth-order valence-electron chi connectivity index (χ4n) is 3.43. The van der Waals surface area contributed by atoms with Crippen molar-refractivity contribution in [3.63, 3.8) is 0 Å². The number of nitrogens with one attached hydrogen (secondary N) is 1. The highest BCUT2D eigenvalue weighted by atomic mass is 35.5. The summed E-state index contributed by atoms with van der Waals surface area (Å²) in [5, 5.41) is 3.23. The second-order valence-corrected chi connectivity index (χ2v) is 5.75. The van der Waals surface area contributed by atoms with Gasteiger partial charge in [0.1, 0.15) is 0 Å². The number of carbonyl (C=O) groups is 1. The van der Waals surface area contributed by atoms with Gasteiger partial charge in [0.25, 0.3) is 0 Å². The van der Waals surface area contributed by atoms with Gasteiger partial charge in [-0.2, -0.15) is 0 Å². The highest BCUT2D eigenvalue weighted by Crippen LogP contribution is 2.28. The van der Waals surface area contributed by atoms with Crippen LogP contribution in [0.3, 0.4) is 0 Å². The number of fused-ring (bicyclic) bond motifs is 1. The molecule has 1 aromatic rings. The SMILES string of the molecule is CNCC1CCCN1CC(=O)N1CCc2ccccc21.Cl. The Labute approximate surface area is 132 Å². The van der Waals surface area contributed by atoms with Crippen molar-refractivity contribution < 1.29 is 4.79 Å². The Morgan fingerprint density at radius 3 is 2.95 bits per heavy atom. The van der Waals surface area contributed by atoms with E-state index in [0.717, 1.165) is 31.7 Å². The number of para-hydroxylation sites is 1. The Hall–Kier alpha value is -1.10. The van der Waals surface area contributed by atoms with Gasteiger partial charge in [0.2, 0.25) is 5.91 Å². The van der Waals surface area contributed by atoms with E-state index in [1.165, 1.54) is 18.4 Å². The average Bonchev–Trinajstić information content (AvgIpc) is 3.06. The zero-order valence-corrected chi connectivity index (χ0v) is 13.4. The van der Waals surface area contributed by atoms with Gasteiger partial charge in [-0.25, -0.2) is 0 Å². The van der Waals surface area contributed by atoms with E-state index in [1.807, 2.05) is 18.0 Å². The third-order valence-electron chi connectivity index (χ3n) is 4.47. The zero-order valence-electron chi connectivity index (χ0n) is 12.5. The van der Waals surface area contributed by atoms with Crippen LogP contribution in [-0.4, -0.2) is 50.1 Å². The van der Waals surface area contributed by atoms with Crippen LogP contribution in [0.25, 0.3) is 0 Å². The van der Waals surface area contributed by atoms with Crippen LogP contribution in [0.2, 0.25) is 0 Å². The lowest BCUT2D eigenvalue weighted by Gasteiger charge is -2.26. The summed E-state index contributed by atoms with van der Waals surface area (Å²) >= 11 is 0. The number of likely N-dealkylation sites (N-methyl/N-ethyl adjacent to an activating group) is 1. The predicted octanol–water partition coefficient (Wildman–Crippen LogP) is 1.68. The Morgan fingerprint density at radius 2 is 2.14 bits per heavy atom. The van der Waals surface area contributed by atoms with Crippen LogP contribution in [-0.2, 0) is 11.2 Å². The summed E-state index contributed by atoms with van der Waals surface area (Å²) in [4.78, 5) is 16.9. The van der Waals surface area contributed by atoms with Crippen molar-refractivity contribution in [1.29, 1.82) is 0 Å². The number of benzene rings is 1. The van der Waals surface area contributed by atoms with Crippen molar-refractivity contribution in [3.05, 3.63) is 29.8 Å². The van der Waals surface area contributed by atoms with Gasteiger partial charge in [0.05, 0.1) is 6.54 Å². The number of hydrogen-bond donors (Lipinski definition) is 1. The fraction of sp³-hybridized carbons (Fsp3) is 0.562. The molecule has 0 bridgehead atoms. The van der Waals surface area contributed by atoms with E-state index in [9.17, 15) is 4.79 Å². The Bertz CT molecular complexity index is 494. The molecule has 116 valence electrons. The minimum atomic E-state index is 0. The zero-order chi connectivity index (χ0) is 13.9. The monoisotopic (exact) mass is 309 g/mol. The van der Waals surface area contributed by atoms with Crippen molar-refractivity contribution >= 4 is 24.0 Å². The third kappa shape index (κ3) is 3.39. The Morgan fingerprint density at radius 1 is 1.33 bits per heavy atom. The molecule has 4 nitrogen and oxygen atoms in total. The van der Waals surface area contributed by atoms with Crippen LogP contribution >= 0.6 is 12.4 Å². The molecule has 1 unspecified atom stereocenters. The summed E-state index contributed by atoms with van der Waals surface area (Å²) in [7, 11) is 1.98. The van der Waals surface area contributed by atoms with Gasteiger partial charge in [-0.15, -0.1) is 12.4 Å². The molecule has 1 amide bonds. The van der Waals surface area contributed by atoms with Crippen LogP contribution in [0.4, 0.5) is 5.69 Å². The van der Waals surface area contributed by atoms with Crippen LogP contribution in [0, 0.1) is 0 Å². The Kier molecular flexibility index (Phi) is 5.62. The van der Waals surface area contributed by atoms with E-state index in [2.05, 4.69) is 28.4 Å². The predicted molar refractivity (Wildman–Crippen MR) is 88.3 cm³/mol. The van der Waals surface area contributed by atoms with Crippen molar-refractivity contribution in [2.24, 2.45) is 0 Å². The normalized spacial score (nSPS) is 21.2. The molecule has 2 heterocycles. The standard InChI is InChI=1S/C16H23N3O.ClH/c1-17-11-14-6-4-9-18(14)12-16(20)19-10-8-13-5-2-3-7-15(13)19;/h2-3,5,7,14,17H,4,6,8-12H2,1H3;1H. The van der Waals surface area contributed by atoms with E-state index in [1.54, 1.807) is 0 Å². The number of anilines is 1. The van der Waals surface area contributed by atoms with Crippen LogP contribution in [0.1, 0.15) is 18.4 Å². The summed E-state index contributed by atoms with van der Waals surface area (Å²) < 4.78 is 0. The topological polar surface area (TPSA) is 35.6 Å². The Balaban J connectivity index is 0.00000161. The molecule has 1 N–H and O–H groups in total. The second kappa shape index (κ2) is 7.25. The van der Waals surface area contributed by atoms with Crippen molar-refractivity contribution in [2.75, 3.05) is 38.1 Å². The largest absolute Gasteiger partial charge is 0.318 e. The van der Waals surface area contributed by atoms with E-state index in [0.29, 0.717) is 12.6 Å². The van der Waals surface area contributed by atoms with E-state index < -0.39 is 0 Å². The van der Waals surface area contributed by atoms with Gasteiger partial charge in [0.15, 0.2) is 0 Å². The lowest BCUT2D eigenvalue weighted by molar-refractivity contribution is -0.119. The molecule has 1 fully saturated rings. The number of hydrogen-bond acceptors (Lipinski definition) is 3. The number of carbonyl (C=O) groups excluding carboxylic acids is 1. The van der Waals surface area contributed by atoms with Crippen molar-refractivity contribution in [2.45, 2.75) is 25.3 Å². The van der Waals surface area contributed by atoms with E-state index in [4.69, 9.17) is 0 Å². The third-order valence-corrected chi connectivity index (χ3v) is 4.47. The minimum absolute atomic E-state index is 0. The minimum Gasteiger partial charge on any atom is -0.318 e. The highest BCUT2D eigenvalue weighted by Gasteiger charge is 2.30. The summed E-state index contributed by atoms with van der Waals surface area (Å²) in [5.74, 6) is 0.248. The van der Waals surface area contributed by atoms with Gasteiger partial charge in [0, 0.05) is 24.8 Å². The molecule has 2 aliphatic heterocycles. The van der Waals surface area contributed by atoms with E-state index >= 15 is 0 Å². The lowest BCUT2D eigenvalue weighted by Crippen LogP contribution is -2.44. The van der Waals surface area contributed by atoms with Gasteiger partial charge < -0.3 is 10.2 Å². The first-order valence-corrected chi connectivity index (χ1v) is 7.56. The molecular weight excluding hydrogens is 286 g/mol. The highest BCUT2D eigenvalue weighted by molar-refractivity contribution is 5.96. The first-order valence-electron chi connectivity index (χ1n) is 7.56. The molecule has 0 aromatic heterocycles. The molecule has 2 aliphatic rings. The summed E-state index contributed by atoms with van der Waals surface area (Å²) in [5.41, 5.74) is 2.41. The average molecular weight is 310 g/mol. The maximum atomic E-state index is 12.6. The summed E-state index contributed by atoms with van der Waals surface area (Å²) in [6.45, 7) is 3.42.